The Bertz CT molecular complexity index is 945. The van der Waals surface area contributed by atoms with Gasteiger partial charge in [0.15, 0.2) is 0 Å². The number of rotatable bonds is 7. The van der Waals surface area contributed by atoms with Crippen LogP contribution < -0.4 is 0 Å². The minimum absolute atomic E-state index is 0.193. The second kappa shape index (κ2) is 8.27. The Morgan fingerprint density at radius 2 is 1.36 bits per heavy atom. The van der Waals surface area contributed by atoms with Crippen LogP contribution in [0, 0.1) is 0 Å². The topological polar surface area (TPSA) is 0 Å². The average molecular weight is 365 g/mol. The van der Waals surface area contributed by atoms with Gasteiger partial charge in [-0.2, -0.15) is 0 Å². The van der Waals surface area contributed by atoms with Crippen LogP contribution in [0.5, 0.6) is 0 Å². The van der Waals surface area contributed by atoms with E-state index in [2.05, 4.69) is 93.9 Å². The maximum Gasteiger partial charge on any atom is 0.0292 e. The molecule has 28 heavy (non-hydrogen) atoms. The van der Waals surface area contributed by atoms with Gasteiger partial charge in [-0.3, -0.25) is 0 Å². The molecule has 0 nitrogen and oxygen atoms in total. The van der Waals surface area contributed by atoms with Crippen molar-refractivity contribution in [3.05, 3.63) is 139 Å². The van der Waals surface area contributed by atoms with E-state index >= 15 is 0 Å². The van der Waals surface area contributed by atoms with Crippen LogP contribution in [-0.2, 0) is 5.41 Å². The van der Waals surface area contributed by atoms with Gasteiger partial charge in [0.2, 0.25) is 0 Å². The first kappa shape index (κ1) is 19.6. The fraction of sp³-hybridized carbons (Fsp3) is 0.143. The summed E-state index contributed by atoms with van der Waals surface area (Å²) in [6.45, 7) is 18.5. The van der Waals surface area contributed by atoms with Gasteiger partial charge in [0.25, 0.3) is 0 Å². The standard InChI is InChI=1S/C28H28/c1-6-13-21(4)19-28(20-23(8-3)14-7-2)26-17-11-9-15-24(26)22(5)25-16-10-12-18-27(25)28/h6-18H,1-3,5,19-20H2,4H3/b21-13+,23-14+. The molecule has 0 bridgehead atoms. The molecule has 2 aromatic carbocycles. The summed E-state index contributed by atoms with van der Waals surface area (Å²) in [6, 6.07) is 17.4. The van der Waals surface area contributed by atoms with E-state index in [9.17, 15) is 0 Å². The molecule has 1 aliphatic rings. The lowest BCUT2D eigenvalue weighted by atomic mass is 9.60. The maximum atomic E-state index is 4.43. The lowest BCUT2D eigenvalue weighted by Gasteiger charge is -2.43. The van der Waals surface area contributed by atoms with Gasteiger partial charge in [-0.05, 0) is 53.2 Å². The number of benzene rings is 2. The number of fused-ring (bicyclic) bond motifs is 2. The molecule has 0 aromatic heterocycles. The Kier molecular flexibility index (Phi) is 5.80. The highest BCUT2D eigenvalue weighted by Gasteiger charge is 2.41. The summed E-state index contributed by atoms with van der Waals surface area (Å²) in [6.07, 6.45) is 11.6. The Balaban J connectivity index is 2.35. The van der Waals surface area contributed by atoms with Crippen LogP contribution in [0.25, 0.3) is 5.57 Å². The summed E-state index contributed by atoms with van der Waals surface area (Å²) < 4.78 is 0. The molecule has 0 amide bonds. The highest BCUT2D eigenvalue weighted by Crippen LogP contribution is 2.52. The fourth-order valence-electron chi connectivity index (χ4n) is 4.50. The van der Waals surface area contributed by atoms with Gasteiger partial charge in [0.1, 0.15) is 0 Å². The molecule has 0 heterocycles. The van der Waals surface area contributed by atoms with E-state index in [1.54, 1.807) is 0 Å². The minimum Gasteiger partial charge on any atom is -0.0991 e. The molecular weight excluding hydrogens is 336 g/mol. The van der Waals surface area contributed by atoms with Gasteiger partial charge in [0, 0.05) is 5.41 Å². The first-order valence-electron chi connectivity index (χ1n) is 9.68. The highest BCUT2D eigenvalue weighted by molar-refractivity contribution is 5.86. The molecule has 0 atom stereocenters. The van der Waals surface area contributed by atoms with E-state index in [1.165, 1.54) is 33.4 Å². The van der Waals surface area contributed by atoms with Gasteiger partial charge in [-0.25, -0.2) is 0 Å². The molecule has 0 radical (unpaired) electrons. The van der Waals surface area contributed by atoms with Crippen LogP contribution in [0.1, 0.15) is 42.0 Å². The molecule has 0 aliphatic heterocycles. The molecule has 3 rings (SSSR count). The zero-order valence-electron chi connectivity index (χ0n) is 16.7. The van der Waals surface area contributed by atoms with Crippen LogP contribution in [0.2, 0.25) is 0 Å². The molecule has 1 aliphatic carbocycles. The van der Waals surface area contributed by atoms with E-state index in [0.717, 1.165) is 18.4 Å². The second-order valence-corrected chi connectivity index (χ2v) is 7.44. The zero-order valence-corrected chi connectivity index (χ0v) is 16.7. The van der Waals surface area contributed by atoms with Crippen molar-refractivity contribution in [3.63, 3.8) is 0 Å². The summed E-state index contributed by atoms with van der Waals surface area (Å²) in [5.74, 6) is 0. The van der Waals surface area contributed by atoms with E-state index < -0.39 is 0 Å². The minimum atomic E-state index is -0.193. The third-order valence-corrected chi connectivity index (χ3v) is 5.62. The molecule has 0 unspecified atom stereocenters. The van der Waals surface area contributed by atoms with Gasteiger partial charge in [0.05, 0.1) is 0 Å². The summed E-state index contributed by atoms with van der Waals surface area (Å²) in [4.78, 5) is 0. The SMILES string of the molecule is C=C/C=C(\C=C)CC1(C/C(C)=C/C=C)c2ccccc2C(=C)c2ccccc21. The first-order valence-corrected chi connectivity index (χ1v) is 9.68. The zero-order chi connectivity index (χ0) is 20.1. The van der Waals surface area contributed by atoms with Crippen molar-refractivity contribution in [1.29, 1.82) is 0 Å². The van der Waals surface area contributed by atoms with Gasteiger partial charge in [-0.1, -0.05) is 111 Å². The Labute approximate surface area is 169 Å². The lowest BCUT2D eigenvalue weighted by Crippen LogP contribution is -2.34. The fourth-order valence-corrected chi connectivity index (χ4v) is 4.50. The largest absolute Gasteiger partial charge is 0.0991 e. The van der Waals surface area contributed by atoms with Crippen molar-refractivity contribution < 1.29 is 0 Å². The molecule has 140 valence electrons. The first-order chi connectivity index (χ1) is 13.6. The molecule has 0 saturated heterocycles. The van der Waals surface area contributed by atoms with Crippen LogP contribution >= 0.6 is 0 Å². The monoisotopic (exact) mass is 364 g/mol. The quantitative estimate of drug-likeness (QED) is 0.445. The van der Waals surface area contributed by atoms with Gasteiger partial charge < -0.3 is 0 Å². The number of hydrogen-bond acceptors (Lipinski definition) is 0. The van der Waals surface area contributed by atoms with Crippen molar-refractivity contribution in [2.75, 3.05) is 0 Å². The Morgan fingerprint density at radius 1 is 0.821 bits per heavy atom. The Morgan fingerprint density at radius 3 is 1.86 bits per heavy atom. The van der Waals surface area contributed by atoms with E-state index in [1.807, 2.05) is 18.2 Å². The molecule has 0 heteroatoms. The molecular formula is C28H28. The van der Waals surface area contributed by atoms with Crippen LogP contribution in [0.15, 0.2) is 116 Å². The number of hydrogen-bond donors (Lipinski definition) is 0. The summed E-state index contributed by atoms with van der Waals surface area (Å²) in [5, 5.41) is 0. The number of allylic oxidation sites excluding steroid dienone is 7. The van der Waals surface area contributed by atoms with Gasteiger partial charge >= 0.3 is 0 Å². The van der Waals surface area contributed by atoms with Crippen molar-refractivity contribution in [1.82, 2.24) is 0 Å². The summed E-state index contributed by atoms with van der Waals surface area (Å²) >= 11 is 0. The Hall–Kier alpha value is -3.12. The van der Waals surface area contributed by atoms with Crippen molar-refractivity contribution >= 4 is 5.57 Å². The van der Waals surface area contributed by atoms with E-state index in [4.69, 9.17) is 0 Å². The third kappa shape index (κ3) is 3.39. The molecule has 0 N–H and O–H groups in total. The van der Waals surface area contributed by atoms with Crippen molar-refractivity contribution in [2.24, 2.45) is 0 Å². The highest BCUT2D eigenvalue weighted by atomic mass is 14.4. The average Bonchev–Trinajstić information content (AvgIpc) is 2.72. The molecule has 0 fully saturated rings. The third-order valence-electron chi connectivity index (χ3n) is 5.62. The smallest absolute Gasteiger partial charge is 0.0292 e. The van der Waals surface area contributed by atoms with Crippen molar-refractivity contribution in [3.8, 4) is 0 Å². The van der Waals surface area contributed by atoms with Crippen LogP contribution in [0.4, 0.5) is 0 Å². The van der Waals surface area contributed by atoms with E-state index in [0.29, 0.717) is 0 Å². The molecule has 2 aromatic rings. The normalized spacial score (nSPS) is 15.4. The molecule has 0 saturated carbocycles. The summed E-state index contributed by atoms with van der Waals surface area (Å²) in [5.41, 5.74) is 8.50. The predicted octanol–water partition coefficient (Wildman–Crippen LogP) is 7.56. The molecule has 0 spiro atoms. The second-order valence-electron chi connectivity index (χ2n) is 7.44. The summed E-state index contributed by atoms with van der Waals surface area (Å²) in [7, 11) is 0. The lowest BCUT2D eigenvalue weighted by molar-refractivity contribution is 0.500. The van der Waals surface area contributed by atoms with Crippen LogP contribution in [-0.4, -0.2) is 0 Å². The van der Waals surface area contributed by atoms with Crippen LogP contribution in [0.3, 0.4) is 0 Å². The maximum absolute atomic E-state index is 4.43. The van der Waals surface area contributed by atoms with Crippen molar-refractivity contribution in [2.45, 2.75) is 25.2 Å². The van der Waals surface area contributed by atoms with E-state index in [-0.39, 0.29) is 5.41 Å². The van der Waals surface area contributed by atoms with Gasteiger partial charge in [-0.15, -0.1) is 0 Å². The predicted molar refractivity (Wildman–Crippen MR) is 123 cm³/mol.